The summed E-state index contributed by atoms with van der Waals surface area (Å²) in [5.74, 6) is 0.626. The van der Waals surface area contributed by atoms with Crippen LogP contribution in [0.15, 0.2) is 69.9 Å². The van der Waals surface area contributed by atoms with Gasteiger partial charge in [0.15, 0.2) is 5.17 Å². The number of rotatable bonds is 5. The van der Waals surface area contributed by atoms with Gasteiger partial charge in [0, 0.05) is 5.38 Å². The fourth-order valence-corrected chi connectivity index (χ4v) is 3.98. The second-order valence-corrected chi connectivity index (χ2v) is 8.13. The average Bonchev–Trinajstić information content (AvgIpc) is 3.27. The molecule has 0 aliphatic carbocycles. The number of ether oxygens (including phenoxy) is 1. The lowest BCUT2D eigenvalue weighted by atomic mass is 10.2. The molecule has 1 aromatic heterocycles. The molecule has 1 amide bonds. The lowest BCUT2D eigenvalue weighted by molar-refractivity contribution is -0.115. The summed E-state index contributed by atoms with van der Waals surface area (Å²) < 4.78 is 5.75. The van der Waals surface area contributed by atoms with Crippen LogP contribution in [0.2, 0.25) is 0 Å². The first kappa shape index (κ1) is 18.5. The third kappa shape index (κ3) is 4.68. The van der Waals surface area contributed by atoms with Gasteiger partial charge in [-0.05, 0) is 54.6 Å². The minimum atomic E-state index is -0.140. The molecule has 28 heavy (non-hydrogen) atoms. The molecule has 0 atom stereocenters. The summed E-state index contributed by atoms with van der Waals surface area (Å²) in [7, 11) is 0. The number of nitrogens with zero attached hydrogens (tertiary/aromatic N) is 2. The van der Waals surface area contributed by atoms with Gasteiger partial charge in [-0.3, -0.25) is 4.79 Å². The van der Waals surface area contributed by atoms with Crippen LogP contribution in [0, 0.1) is 6.92 Å². The molecular weight excluding hydrogens is 390 g/mol. The van der Waals surface area contributed by atoms with E-state index in [1.807, 2.05) is 73.0 Å². The van der Waals surface area contributed by atoms with Gasteiger partial charge in [-0.1, -0.05) is 30.3 Å². The molecular formula is C21H17N3O2S2. The van der Waals surface area contributed by atoms with Crippen molar-refractivity contribution in [3.8, 4) is 5.75 Å². The normalized spacial score (nSPS) is 16.5. The highest BCUT2D eigenvalue weighted by Crippen LogP contribution is 2.28. The largest absolute Gasteiger partial charge is 0.487 e. The van der Waals surface area contributed by atoms with E-state index in [1.165, 1.54) is 11.8 Å². The molecule has 1 N–H and O–H groups in total. The van der Waals surface area contributed by atoms with Gasteiger partial charge in [-0.2, -0.15) is 0 Å². The SMILES string of the molecule is Cc1nc(COc2ccc(/C=C3\SC(=Nc4ccccc4)NC3=O)cc2)cs1. The third-order valence-corrected chi connectivity index (χ3v) is 5.60. The second-order valence-electron chi connectivity index (χ2n) is 6.03. The molecule has 1 fully saturated rings. The number of carbonyl (C=O) groups is 1. The zero-order chi connectivity index (χ0) is 19.3. The summed E-state index contributed by atoms with van der Waals surface area (Å²) >= 11 is 2.95. The lowest BCUT2D eigenvalue weighted by Crippen LogP contribution is -2.19. The van der Waals surface area contributed by atoms with Crippen molar-refractivity contribution in [2.24, 2.45) is 4.99 Å². The van der Waals surface area contributed by atoms with E-state index in [0.29, 0.717) is 16.7 Å². The van der Waals surface area contributed by atoms with E-state index >= 15 is 0 Å². The van der Waals surface area contributed by atoms with Crippen molar-refractivity contribution < 1.29 is 9.53 Å². The van der Waals surface area contributed by atoms with E-state index in [0.717, 1.165) is 27.7 Å². The highest BCUT2D eigenvalue weighted by atomic mass is 32.2. The van der Waals surface area contributed by atoms with Crippen LogP contribution >= 0.6 is 23.1 Å². The minimum Gasteiger partial charge on any atom is -0.487 e. The van der Waals surface area contributed by atoms with Gasteiger partial charge in [-0.25, -0.2) is 9.98 Å². The quantitative estimate of drug-likeness (QED) is 0.610. The molecule has 1 aliphatic rings. The molecule has 0 radical (unpaired) electrons. The number of aromatic nitrogens is 1. The number of amidine groups is 1. The van der Waals surface area contributed by atoms with Gasteiger partial charge < -0.3 is 10.1 Å². The van der Waals surface area contributed by atoms with Crippen LogP contribution in [-0.4, -0.2) is 16.1 Å². The van der Waals surface area contributed by atoms with Crippen molar-refractivity contribution >= 4 is 45.9 Å². The molecule has 7 heteroatoms. The van der Waals surface area contributed by atoms with Crippen LogP contribution in [0.3, 0.4) is 0 Å². The fraction of sp³-hybridized carbons (Fsp3) is 0.0952. The summed E-state index contributed by atoms with van der Waals surface area (Å²) in [6.07, 6.45) is 1.85. The third-order valence-electron chi connectivity index (χ3n) is 3.87. The molecule has 0 bridgehead atoms. The van der Waals surface area contributed by atoms with Crippen LogP contribution in [0.25, 0.3) is 6.08 Å². The van der Waals surface area contributed by atoms with Gasteiger partial charge in [0.1, 0.15) is 12.4 Å². The Hall–Kier alpha value is -2.90. The van der Waals surface area contributed by atoms with Crippen molar-refractivity contribution in [2.45, 2.75) is 13.5 Å². The van der Waals surface area contributed by atoms with Crippen LogP contribution < -0.4 is 10.1 Å². The number of carbonyl (C=O) groups excluding carboxylic acids is 1. The summed E-state index contributed by atoms with van der Waals surface area (Å²) in [5.41, 5.74) is 2.66. The molecule has 5 nitrogen and oxygen atoms in total. The molecule has 0 saturated carbocycles. The summed E-state index contributed by atoms with van der Waals surface area (Å²) in [5, 5.41) is 6.41. The van der Waals surface area contributed by atoms with Gasteiger partial charge in [0.25, 0.3) is 5.91 Å². The Morgan fingerprint density at radius 1 is 1.14 bits per heavy atom. The molecule has 1 saturated heterocycles. The first-order valence-electron chi connectivity index (χ1n) is 8.64. The van der Waals surface area contributed by atoms with E-state index in [1.54, 1.807) is 11.3 Å². The minimum absolute atomic E-state index is 0.140. The van der Waals surface area contributed by atoms with Crippen molar-refractivity contribution in [1.82, 2.24) is 10.3 Å². The molecule has 1 aliphatic heterocycles. The maximum absolute atomic E-state index is 12.2. The van der Waals surface area contributed by atoms with Gasteiger partial charge in [0.2, 0.25) is 0 Å². The molecule has 2 aromatic carbocycles. The number of hydrogen-bond acceptors (Lipinski definition) is 6. The standard InChI is InChI=1S/C21H17N3O2S2/c1-14-22-17(13-27-14)12-26-18-9-7-15(8-10-18)11-19-20(25)24-21(28-19)23-16-5-3-2-4-6-16/h2-11,13H,12H2,1H3,(H,23,24,25)/b19-11-. The van der Waals surface area contributed by atoms with Crippen LogP contribution in [0.1, 0.15) is 16.3 Å². The Kier molecular flexibility index (Phi) is 5.55. The molecule has 0 spiro atoms. The highest BCUT2D eigenvalue weighted by Gasteiger charge is 2.23. The van der Waals surface area contributed by atoms with Crippen molar-refractivity contribution in [3.05, 3.63) is 81.1 Å². The monoisotopic (exact) mass is 407 g/mol. The maximum atomic E-state index is 12.2. The number of hydrogen-bond donors (Lipinski definition) is 1. The van der Waals surface area contributed by atoms with Gasteiger partial charge >= 0.3 is 0 Å². The fourth-order valence-electron chi connectivity index (χ4n) is 2.54. The van der Waals surface area contributed by atoms with E-state index < -0.39 is 0 Å². The van der Waals surface area contributed by atoms with Gasteiger partial charge in [0.05, 0.1) is 21.3 Å². The predicted octanol–water partition coefficient (Wildman–Crippen LogP) is 4.92. The lowest BCUT2D eigenvalue weighted by Gasteiger charge is -2.04. The molecule has 2 heterocycles. The highest BCUT2D eigenvalue weighted by molar-refractivity contribution is 8.18. The Labute approximate surface area is 171 Å². The summed E-state index contributed by atoms with van der Waals surface area (Å²) in [6.45, 7) is 2.42. The maximum Gasteiger partial charge on any atom is 0.264 e. The van der Waals surface area contributed by atoms with E-state index in [2.05, 4.69) is 15.3 Å². The Bertz CT molecular complexity index is 1040. The van der Waals surface area contributed by atoms with E-state index in [-0.39, 0.29) is 5.91 Å². The predicted molar refractivity (Wildman–Crippen MR) is 115 cm³/mol. The Morgan fingerprint density at radius 3 is 2.64 bits per heavy atom. The number of amides is 1. The van der Waals surface area contributed by atoms with Crippen molar-refractivity contribution in [3.63, 3.8) is 0 Å². The van der Waals surface area contributed by atoms with Crippen LogP contribution in [0.4, 0.5) is 5.69 Å². The molecule has 3 aromatic rings. The Balaban J connectivity index is 1.41. The number of aliphatic imine (C=N–C) groups is 1. The average molecular weight is 408 g/mol. The van der Waals surface area contributed by atoms with Crippen LogP contribution in [0.5, 0.6) is 5.75 Å². The van der Waals surface area contributed by atoms with Crippen molar-refractivity contribution in [2.75, 3.05) is 0 Å². The number of para-hydroxylation sites is 1. The number of nitrogens with one attached hydrogen (secondary N) is 1. The zero-order valence-corrected chi connectivity index (χ0v) is 16.7. The second kappa shape index (κ2) is 8.41. The zero-order valence-electron chi connectivity index (χ0n) is 15.1. The van der Waals surface area contributed by atoms with E-state index in [9.17, 15) is 4.79 Å². The summed E-state index contributed by atoms with van der Waals surface area (Å²) in [6, 6.07) is 17.2. The van der Waals surface area contributed by atoms with Gasteiger partial charge in [-0.15, -0.1) is 11.3 Å². The first-order chi connectivity index (χ1) is 13.7. The van der Waals surface area contributed by atoms with Crippen LogP contribution in [-0.2, 0) is 11.4 Å². The summed E-state index contributed by atoms with van der Waals surface area (Å²) in [4.78, 5) is 21.6. The number of thioether (sulfide) groups is 1. The van der Waals surface area contributed by atoms with Crippen molar-refractivity contribution in [1.29, 1.82) is 0 Å². The number of thiazole rings is 1. The molecule has 4 rings (SSSR count). The molecule has 0 unspecified atom stereocenters. The Morgan fingerprint density at radius 2 is 1.93 bits per heavy atom. The smallest absolute Gasteiger partial charge is 0.264 e. The van der Waals surface area contributed by atoms with E-state index in [4.69, 9.17) is 4.74 Å². The number of benzene rings is 2. The number of aryl methyl sites for hydroxylation is 1. The molecule has 140 valence electrons. The topological polar surface area (TPSA) is 63.6 Å². The first-order valence-corrected chi connectivity index (χ1v) is 10.3.